The maximum Gasteiger partial charge on any atom is 0.340 e. The molecule has 12 heavy (non-hydrogen) atoms. The monoisotopic (exact) mass is 185 g/mol. The quantitative estimate of drug-likeness (QED) is 0.732. The summed E-state index contributed by atoms with van der Waals surface area (Å²) in [6.45, 7) is 2.80. The van der Waals surface area contributed by atoms with Crippen LogP contribution in [0.5, 0.6) is 0 Å². The summed E-state index contributed by atoms with van der Waals surface area (Å²) in [6, 6.07) is 1.76. The molecule has 1 rings (SSSR count). The molecule has 1 aromatic heterocycles. The minimum Gasteiger partial charge on any atom is -0.465 e. The van der Waals surface area contributed by atoms with Crippen molar-refractivity contribution in [3.05, 3.63) is 17.0 Å². The molecule has 0 amide bonds. The Hall–Kier alpha value is -1.03. The fourth-order valence-electron chi connectivity index (χ4n) is 0.877. The summed E-state index contributed by atoms with van der Waals surface area (Å²) in [5.41, 5.74) is 0.615. The van der Waals surface area contributed by atoms with Gasteiger partial charge in [0.2, 0.25) is 0 Å². The lowest BCUT2D eigenvalue weighted by molar-refractivity contribution is 0.0602. The van der Waals surface area contributed by atoms with Gasteiger partial charge in [-0.2, -0.15) is 0 Å². The average molecular weight is 185 g/mol. The maximum absolute atomic E-state index is 11.1. The summed E-state index contributed by atoms with van der Waals surface area (Å²) < 4.78 is 4.61. The second kappa shape index (κ2) is 4.11. The van der Waals surface area contributed by atoms with Gasteiger partial charge in [0.25, 0.3) is 0 Å². The SMILES string of the molecule is CCNc1sccc1C(=O)OC. The van der Waals surface area contributed by atoms with Crippen molar-refractivity contribution in [1.29, 1.82) is 0 Å². The maximum atomic E-state index is 11.1. The molecule has 1 aromatic rings. The lowest BCUT2D eigenvalue weighted by Gasteiger charge is -2.01. The lowest BCUT2D eigenvalue weighted by atomic mass is 10.3. The van der Waals surface area contributed by atoms with Crippen LogP contribution >= 0.6 is 11.3 Å². The fourth-order valence-corrected chi connectivity index (χ4v) is 1.72. The summed E-state index contributed by atoms with van der Waals surface area (Å²) in [5.74, 6) is -0.285. The van der Waals surface area contributed by atoms with Crippen molar-refractivity contribution in [2.75, 3.05) is 19.0 Å². The van der Waals surface area contributed by atoms with E-state index in [1.54, 1.807) is 6.07 Å². The molecular weight excluding hydrogens is 174 g/mol. The second-order valence-electron chi connectivity index (χ2n) is 2.19. The predicted molar refractivity (Wildman–Crippen MR) is 49.8 cm³/mol. The molecule has 0 bridgehead atoms. The smallest absolute Gasteiger partial charge is 0.340 e. The van der Waals surface area contributed by atoms with E-state index >= 15 is 0 Å². The zero-order valence-electron chi connectivity index (χ0n) is 7.09. The Morgan fingerprint density at radius 2 is 2.50 bits per heavy atom. The van der Waals surface area contributed by atoms with Gasteiger partial charge in [-0.3, -0.25) is 0 Å². The molecule has 0 atom stereocenters. The molecule has 1 heterocycles. The van der Waals surface area contributed by atoms with Crippen LogP contribution in [0.1, 0.15) is 17.3 Å². The van der Waals surface area contributed by atoms with Crippen molar-refractivity contribution >= 4 is 22.3 Å². The third-order valence-electron chi connectivity index (χ3n) is 1.41. The van der Waals surface area contributed by atoms with Crippen LogP contribution in [0.3, 0.4) is 0 Å². The van der Waals surface area contributed by atoms with Gasteiger partial charge in [-0.05, 0) is 18.4 Å². The topological polar surface area (TPSA) is 38.3 Å². The third kappa shape index (κ3) is 1.76. The Kier molecular flexibility index (Phi) is 3.10. The van der Waals surface area contributed by atoms with Crippen LogP contribution in [0.4, 0.5) is 5.00 Å². The lowest BCUT2D eigenvalue weighted by Crippen LogP contribution is -2.04. The molecule has 0 aliphatic rings. The minimum atomic E-state index is -0.285. The van der Waals surface area contributed by atoms with Crippen molar-refractivity contribution in [2.24, 2.45) is 0 Å². The second-order valence-corrected chi connectivity index (χ2v) is 3.10. The Labute approximate surface area is 75.4 Å². The van der Waals surface area contributed by atoms with Crippen LogP contribution < -0.4 is 5.32 Å². The molecule has 0 unspecified atom stereocenters. The van der Waals surface area contributed by atoms with Gasteiger partial charge < -0.3 is 10.1 Å². The molecule has 0 radical (unpaired) electrons. The number of hydrogen-bond donors (Lipinski definition) is 1. The van der Waals surface area contributed by atoms with Crippen LogP contribution in [-0.4, -0.2) is 19.6 Å². The Bertz CT molecular complexity index is 270. The predicted octanol–water partition coefficient (Wildman–Crippen LogP) is 1.97. The number of nitrogens with one attached hydrogen (secondary N) is 1. The Morgan fingerprint density at radius 3 is 3.08 bits per heavy atom. The van der Waals surface area contributed by atoms with Crippen LogP contribution in [0, 0.1) is 0 Å². The van der Waals surface area contributed by atoms with Crippen LogP contribution in [0.15, 0.2) is 11.4 Å². The highest BCUT2D eigenvalue weighted by Gasteiger charge is 2.11. The van der Waals surface area contributed by atoms with E-state index in [1.807, 2.05) is 12.3 Å². The number of hydrogen-bond acceptors (Lipinski definition) is 4. The van der Waals surface area contributed by atoms with Crippen LogP contribution in [-0.2, 0) is 4.74 Å². The van der Waals surface area contributed by atoms with Gasteiger partial charge in [-0.25, -0.2) is 4.79 Å². The third-order valence-corrected chi connectivity index (χ3v) is 2.28. The summed E-state index contributed by atoms with van der Waals surface area (Å²) in [7, 11) is 1.38. The number of methoxy groups -OCH3 is 1. The summed E-state index contributed by atoms with van der Waals surface area (Å²) in [6.07, 6.45) is 0. The molecule has 3 nitrogen and oxygen atoms in total. The van der Waals surface area contributed by atoms with Gasteiger partial charge in [-0.1, -0.05) is 0 Å². The molecule has 0 saturated heterocycles. The van der Waals surface area contributed by atoms with Crippen molar-refractivity contribution in [3.8, 4) is 0 Å². The zero-order valence-corrected chi connectivity index (χ0v) is 7.90. The molecule has 0 aliphatic carbocycles. The first-order valence-electron chi connectivity index (χ1n) is 3.69. The largest absolute Gasteiger partial charge is 0.465 e. The first-order chi connectivity index (χ1) is 5.79. The summed E-state index contributed by atoms with van der Waals surface area (Å²) in [4.78, 5) is 11.1. The molecule has 0 fully saturated rings. The van der Waals surface area contributed by atoms with E-state index in [0.29, 0.717) is 5.56 Å². The van der Waals surface area contributed by atoms with Gasteiger partial charge >= 0.3 is 5.97 Å². The first-order valence-corrected chi connectivity index (χ1v) is 4.57. The van der Waals surface area contributed by atoms with E-state index in [1.165, 1.54) is 18.4 Å². The van der Waals surface area contributed by atoms with Crippen molar-refractivity contribution in [1.82, 2.24) is 0 Å². The van der Waals surface area contributed by atoms with E-state index in [0.717, 1.165) is 11.5 Å². The van der Waals surface area contributed by atoms with Gasteiger partial charge in [0.1, 0.15) is 5.00 Å². The van der Waals surface area contributed by atoms with E-state index in [-0.39, 0.29) is 5.97 Å². The molecule has 66 valence electrons. The number of thiophene rings is 1. The Balaban J connectivity index is 2.83. The Morgan fingerprint density at radius 1 is 1.75 bits per heavy atom. The highest BCUT2D eigenvalue weighted by atomic mass is 32.1. The van der Waals surface area contributed by atoms with E-state index in [4.69, 9.17) is 0 Å². The highest BCUT2D eigenvalue weighted by Crippen LogP contribution is 2.23. The standard InChI is InChI=1S/C8H11NO2S/c1-3-9-7-6(4-5-12-7)8(10)11-2/h4-5,9H,3H2,1-2H3. The molecule has 0 saturated carbocycles. The van der Waals surface area contributed by atoms with Gasteiger partial charge in [0.15, 0.2) is 0 Å². The number of ether oxygens (including phenoxy) is 1. The van der Waals surface area contributed by atoms with E-state index in [9.17, 15) is 4.79 Å². The molecule has 0 aromatic carbocycles. The number of anilines is 1. The van der Waals surface area contributed by atoms with Gasteiger partial charge in [-0.15, -0.1) is 11.3 Å². The molecule has 0 aliphatic heterocycles. The van der Waals surface area contributed by atoms with Crippen molar-refractivity contribution < 1.29 is 9.53 Å². The molecule has 4 heteroatoms. The zero-order chi connectivity index (χ0) is 8.97. The molecular formula is C8H11NO2S. The van der Waals surface area contributed by atoms with Crippen LogP contribution in [0.25, 0.3) is 0 Å². The number of carbonyl (C=O) groups excluding carboxylic acids is 1. The number of esters is 1. The van der Waals surface area contributed by atoms with Crippen molar-refractivity contribution in [3.63, 3.8) is 0 Å². The highest BCUT2D eigenvalue weighted by molar-refractivity contribution is 7.14. The number of rotatable bonds is 3. The molecule has 1 N–H and O–H groups in total. The normalized spacial score (nSPS) is 9.50. The van der Waals surface area contributed by atoms with Crippen molar-refractivity contribution in [2.45, 2.75) is 6.92 Å². The van der Waals surface area contributed by atoms with E-state index < -0.39 is 0 Å². The average Bonchev–Trinajstić information content (AvgIpc) is 2.52. The summed E-state index contributed by atoms with van der Waals surface area (Å²) in [5, 5.41) is 5.83. The number of carbonyl (C=O) groups is 1. The van der Waals surface area contributed by atoms with Gasteiger partial charge in [0.05, 0.1) is 12.7 Å². The van der Waals surface area contributed by atoms with Gasteiger partial charge in [0, 0.05) is 6.54 Å². The van der Waals surface area contributed by atoms with Crippen LogP contribution in [0.2, 0.25) is 0 Å². The fraction of sp³-hybridized carbons (Fsp3) is 0.375. The molecule has 0 spiro atoms. The summed E-state index contributed by atoms with van der Waals surface area (Å²) >= 11 is 1.51. The van der Waals surface area contributed by atoms with E-state index in [2.05, 4.69) is 10.1 Å². The first kappa shape index (κ1) is 9.06. The minimum absolute atomic E-state index is 0.285.